The van der Waals surface area contributed by atoms with Crippen molar-refractivity contribution in [2.24, 2.45) is 0 Å². The van der Waals surface area contributed by atoms with Gasteiger partial charge in [-0.3, -0.25) is 0 Å². The Morgan fingerprint density at radius 2 is 1.13 bits per heavy atom. The highest BCUT2D eigenvalue weighted by molar-refractivity contribution is 7.29. The molecule has 0 aromatic heterocycles. The molecule has 0 atom stereocenters. The van der Waals surface area contributed by atoms with E-state index in [1.807, 2.05) is 39.8 Å². The highest BCUT2D eigenvalue weighted by Crippen LogP contribution is 2.49. The zero-order valence-electron chi connectivity index (χ0n) is 18.6. The second-order valence-electron chi connectivity index (χ2n) is 7.20. The number of hydrogen-bond acceptors (Lipinski definition) is 5. The number of benzene rings is 2. The molecule has 164 valence electrons. The minimum Gasteiger partial charge on any atom is -0.392 e. The summed E-state index contributed by atoms with van der Waals surface area (Å²) < 4.78 is 32.8. The Balaban J connectivity index is 2.20. The molecule has 30 heavy (non-hydrogen) atoms. The predicted molar refractivity (Wildman–Crippen MR) is 122 cm³/mol. The van der Waals surface area contributed by atoms with Crippen molar-refractivity contribution in [3.8, 4) is 0 Å². The fraction of sp³-hybridized carbons (Fsp3) is 0.478. The van der Waals surface area contributed by atoms with E-state index in [-0.39, 0.29) is 0 Å². The molecule has 0 amide bonds. The lowest BCUT2D eigenvalue weighted by Gasteiger charge is -2.52. The van der Waals surface area contributed by atoms with Crippen molar-refractivity contribution < 1.29 is 22.1 Å². The van der Waals surface area contributed by atoms with Crippen LogP contribution in [0.4, 0.5) is 0 Å². The molecule has 1 aliphatic rings. The molecule has 0 N–H and O–H groups in total. The van der Waals surface area contributed by atoms with Gasteiger partial charge in [-0.2, -0.15) is 0 Å². The molecule has 0 unspecified atom stereocenters. The first-order valence-electron chi connectivity index (χ1n) is 11.0. The molecule has 0 aliphatic carbocycles. The Kier molecular flexibility index (Phi) is 8.03. The summed E-state index contributed by atoms with van der Waals surface area (Å²) in [6, 6.07) is 21.5. The molecular weight excluding hydrogens is 412 g/mol. The van der Waals surface area contributed by atoms with Gasteiger partial charge in [0.2, 0.25) is 0 Å². The van der Waals surface area contributed by atoms with Crippen LogP contribution in [0.2, 0.25) is 6.04 Å². The minimum atomic E-state index is -3.31. The van der Waals surface area contributed by atoms with E-state index in [2.05, 4.69) is 48.5 Å². The number of rotatable bonds is 10. The first-order chi connectivity index (χ1) is 14.6. The summed E-state index contributed by atoms with van der Waals surface area (Å²) >= 11 is 0. The van der Waals surface area contributed by atoms with Crippen LogP contribution in [-0.4, -0.2) is 42.8 Å². The van der Waals surface area contributed by atoms with E-state index in [0.717, 1.165) is 23.6 Å². The zero-order chi connectivity index (χ0) is 21.5. The molecule has 0 radical (unpaired) electrons. The summed E-state index contributed by atoms with van der Waals surface area (Å²) in [5.74, 6) is 0. The maximum Gasteiger partial charge on any atom is 0.540 e. The second kappa shape index (κ2) is 10.3. The van der Waals surface area contributed by atoms with Gasteiger partial charge in [-0.05, 0) is 51.3 Å². The van der Waals surface area contributed by atoms with Crippen molar-refractivity contribution in [3.63, 3.8) is 0 Å². The van der Waals surface area contributed by atoms with Crippen LogP contribution in [0.3, 0.4) is 0 Å². The van der Waals surface area contributed by atoms with Crippen LogP contribution in [0.5, 0.6) is 0 Å². The van der Waals surface area contributed by atoms with Gasteiger partial charge in [0.25, 0.3) is 0 Å². The van der Waals surface area contributed by atoms with E-state index in [1.165, 1.54) is 0 Å². The summed E-state index contributed by atoms with van der Waals surface area (Å²) in [7, 11) is -6.20. The summed E-state index contributed by atoms with van der Waals surface area (Å²) in [5, 5.41) is 0. The van der Waals surface area contributed by atoms with Gasteiger partial charge in [0.15, 0.2) is 0 Å². The molecule has 1 heterocycles. The van der Waals surface area contributed by atoms with E-state index in [9.17, 15) is 0 Å². The summed E-state index contributed by atoms with van der Waals surface area (Å²) in [6.45, 7) is 10.0. The van der Waals surface area contributed by atoms with Crippen molar-refractivity contribution in [2.45, 2.75) is 45.8 Å². The highest BCUT2D eigenvalue weighted by atomic mass is 29.3. The maximum absolute atomic E-state index is 7.14. The normalized spacial score (nSPS) is 19.5. The lowest BCUT2D eigenvalue weighted by Crippen LogP contribution is -2.76. The molecule has 5 nitrogen and oxygen atoms in total. The second-order valence-corrected chi connectivity index (χ2v) is 15.8. The minimum absolute atomic E-state index is 0.487. The van der Waals surface area contributed by atoms with E-state index in [1.54, 1.807) is 0 Å². The molecular formula is C23H34O5Si2. The van der Waals surface area contributed by atoms with Gasteiger partial charge >= 0.3 is 16.4 Å². The Labute approximate surface area is 182 Å². The molecule has 2 aromatic rings. The average molecular weight is 447 g/mol. The third-order valence-electron chi connectivity index (χ3n) is 5.49. The van der Waals surface area contributed by atoms with Crippen molar-refractivity contribution in [2.75, 3.05) is 26.4 Å². The van der Waals surface area contributed by atoms with Crippen molar-refractivity contribution >= 4 is 16.4 Å². The molecule has 0 bridgehead atoms. The quantitative estimate of drug-likeness (QED) is 0.483. The van der Waals surface area contributed by atoms with E-state index in [0.29, 0.717) is 26.4 Å². The SMILES string of the molecule is CCO[Si]1(OCC)CCC(c2ccccc2)(c2ccccc2)O[Si]1(OCC)OCC. The van der Waals surface area contributed by atoms with Crippen molar-refractivity contribution in [3.05, 3.63) is 71.8 Å². The van der Waals surface area contributed by atoms with Crippen LogP contribution in [0.25, 0.3) is 0 Å². The molecule has 3 rings (SSSR count). The van der Waals surface area contributed by atoms with Gasteiger partial charge in [0, 0.05) is 26.4 Å². The van der Waals surface area contributed by atoms with Crippen molar-refractivity contribution in [1.82, 2.24) is 0 Å². The van der Waals surface area contributed by atoms with Gasteiger partial charge in [-0.15, -0.1) is 0 Å². The molecule has 1 aliphatic heterocycles. The van der Waals surface area contributed by atoms with E-state index < -0.39 is 22.0 Å². The lowest BCUT2D eigenvalue weighted by atomic mass is 9.84. The Bertz CT molecular complexity index is 720. The van der Waals surface area contributed by atoms with Gasteiger partial charge in [0.05, 0.1) is 0 Å². The summed E-state index contributed by atoms with van der Waals surface area (Å²) in [5.41, 5.74) is 1.54. The Morgan fingerprint density at radius 1 is 0.700 bits per heavy atom. The van der Waals surface area contributed by atoms with Crippen LogP contribution < -0.4 is 0 Å². The number of hydrogen-bond donors (Lipinski definition) is 0. The lowest BCUT2D eigenvalue weighted by molar-refractivity contribution is -0.0262. The summed E-state index contributed by atoms with van der Waals surface area (Å²) in [6.07, 6.45) is 0.752. The Hall–Kier alpha value is -1.33. The third kappa shape index (κ3) is 4.20. The largest absolute Gasteiger partial charge is 0.540 e. The first-order valence-corrected chi connectivity index (χ1v) is 15.7. The molecule has 1 fully saturated rings. The van der Waals surface area contributed by atoms with Crippen LogP contribution in [-0.2, 0) is 27.7 Å². The molecule has 7 heteroatoms. The van der Waals surface area contributed by atoms with E-state index >= 15 is 0 Å². The smallest absolute Gasteiger partial charge is 0.392 e. The topological polar surface area (TPSA) is 46.2 Å². The molecule has 0 spiro atoms. The Morgan fingerprint density at radius 3 is 1.53 bits per heavy atom. The fourth-order valence-corrected chi connectivity index (χ4v) is 15.8. The first kappa shape index (κ1) is 23.3. The zero-order valence-corrected chi connectivity index (χ0v) is 20.6. The van der Waals surface area contributed by atoms with Crippen LogP contribution in [0.15, 0.2) is 60.7 Å². The summed E-state index contributed by atoms with van der Waals surface area (Å²) in [4.78, 5) is 0. The monoisotopic (exact) mass is 446 g/mol. The predicted octanol–water partition coefficient (Wildman–Crippen LogP) is 4.96. The average Bonchev–Trinajstić information content (AvgIpc) is 2.78. The van der Waals surface area contributed by atoms with Gasteiger partial charge in [0.1, 0.15) is 5.60 Å². The molecule has 2 aromatic carbocycles. The maximum atomic E-state index is 7.14. The van der Waals surface area contributed by atoms with Crippen LogP contribution in [0.1, 0.15) is 45.2 Å². The highest BCUT2D eigenvalue weighted by Gasteiger charge is 2.73. The van der Waals surface area contributed by atoms with Crippen molar-refractivity contribution in [1.29, 1.82) is 0 Å². The van der Waals surface area contributed by atoms with E-state index in [4.69, 9.17) is 22.1 Å². The van der Waals surface area contributed by atoms with Crippen LogP contribution >= 0.6 is 0 Å². The third-order valence-corrected chi connectivity index (χ3v) is 16.4. The van der Waals surface area contributed by atoms with Gasteiger partial charge in [-0.25, -0.2) is 0 Å². The molecule has 0 saturated carbocycles. The van der Waals surface area contributed by atoms with Crippen LogP contribution in [0, 0.1) is 0 Å². The molecule has 1 saturated heterocycles. The van der Waals surface area contributed by atoms with Gasteiger partial charge in [-0.1, -0.05) is 60.7 Å². The van der Waals surface area contributed by atoms with Gasteiger partial charge < -0.3 is 22.1 Å². The fourth-order valence-electron chi connectivity index (χ4n) is 4.37. The standard InChI is InChI=1S/C23H34O5Si2/c1-5-24-29(25-6-2)20-19-23(21-15-11-9-12-16-21,22-17-13-10-14-18-22)28-30(29,26-7-3)27-8-4/h9-18H,5-8,19-20H2,1-4H3.